The molecule has 0 bridgehead atoms. The smallest absolute Gasteiger partial charge is 0.255 e. The lowest BCUT2D eigenvalue weighted by atomic mass is 10.0. The van der Waals surface area contributed by atoms with Gasteiger partial charge in [0, 0.05) is 0 Å². The third-order valence-corrected chi connectivity index (χ3v) is 4.32. The minimum atomic E-state index is -0.106. The Balaban J connectivity index is 1.76. The van der Waals surface area contributed by atoms with Gasteiger partial charge >= 0.3 is 0 Å². The quantitative estimate of drug-likeness (QED) is 0.934. The maximum atomic E-state index is 12.5. The molecular formula is C19H21NO2. The Morgan fingerprint density at radius 3 is 2.73 bits per heavy atom. The normalized spacial score (nSPS) is 14.3. The highest BCUT2D eigenvalue weighted by Gasteiger charge is 2.17. The van der Waals surface area contributed by atoms with E-state index in [0.29, 0.717) is 11.3 Å². The second-order valence-electron chi connectivity index (χ2n) is 5.78. The molecule has 1 unspecified atom stereocenters. The number of carbonyl (C=O) groups is 1. The number of rotatable bonds is 4. The molecule has 0 fully saturated rings. The molecule has 3 nitrogen and oxygen atoms in total. The van der Waals surface area contributed by atoms with Crippen LogP contribution in [-0.4, -0.2) is 13.0 Å². The van der Waals surface area contributed by atoms with E-state index in [0.717, 1.165) is 12.0 Å². The molecule has 1 atom stereocenters. The highest BCUT2D eigenvalue weighted by atomic mass is 16.5. The van der Waals surface area contributed by atoms with Gasteiger partial charge in [0.2, 0.25) is 0 Å². The minimum Gasteiger partial charge on any atom is -0.496 e. The minimum absolute atomic E-state index is 0.0247. The maximum Gasteiger partial charge on any atom is 0.255 e. The van der Waals surface area contributed by atoms with E-state index in [1.807, 2.05) is 19.1 Å². The summed E-state index contributed by atoms with van der Waals surface area (Å²) in [6, 6.07) is 13.8. The molecule has 1 aliphatic rings. The van der Waals surface area contributed by atoms with Crippen LogP contribution in [0.2, 0.25) is 0 Å². The monoisotopic (exact) mass is 295 g/mol. The SMILES string of the molecule is COc1ccccc1C(=O)NC(C)c1ccc2c(c1)CCC2. The first-order chi connectivity index (χ1) is 10.7. The topological polar surface area (TPSA) is 38.3 Å². The van der Waals surface area contributed by atoms with Gasteiger partial charge < -0.3 is 10.1 Å². The van der Waals surface area contributed by atoms with Gasteiger partial charge in [-0.1, -0.05) is 30.3 Å². The Kier molecular flexibility index (Phi) is 4.14. The molecule has 2 aromatic carbocycles. The van der Waals surface area contributed by atoms with Gasteiger partial charge in [-0.25, -0.2) is 0 Å². The number of ether oxygens (including phenoxy) is 1. The highest BCUT2D eigenvalue weighted by Crippen LogP contribution is 2.26. The van der Waals surface area contributed by atoms with E-state index >= 15 is 0 Å². The summed E-state index contributed by atoms with van der Waals surface area (Å²) < 4.78 is 5.25. The average molecular weight is 295 g/mol. The van der Waals surface area contributed by atoms with E-state index in [9.17, 15) is 4.79 Å². The predicted molar refractivity (Wildman–Crippen MR) is 87.3 cm³/mol. The average Bonchev–Trinajstić information content (AvgIpc) is 3.02. The summed E-state index contributed by atoms with van der Waals surface area (Å²) in [5.74, 6) is 0.492. The summed E-state index contributed by atoms with van der Waals surface area (Å²) in [4.78, 5) is 12.5. The van der Waals surface area contributed by atoms with Crippen molar-refractivity contribution in [2.75, 3.05) is 7.11 Å². The molecule has 0 heterocycles. The number of benzene rings is 2. The van der Waals surface area contributed by atoms with Crippen molar-refractivity contribution in [3.63, 3.8) is 0 Å². The molecular weight excluding hydrogens is 274 g/mol. The number of aryl methyl sites for hydroxylation is 2. The molecule has 3 heteroatoms. The number of amides is 1. The van der Waals surface area contributed by atoms with Gasteiger partial charge in [-0.3, -0.25) is 4.79 Å². The van der Waals surface area contributed by atoms with Crippen LogP contribution in [0.5, 0.6) is 5.75 Å². The van der Waals surface area contributed by atoms with Gasteiger partial charge in [-0.15, -0.1) is 0 Å². The first-order valence-corrected chi connectivity index (χ1v) is 7.74. The summed E-state index contributed by atoms with van der Waals surface area (Å²) in [6.45, 7) is 2.02. The highest BCUT2D eigenvalue weighted by molar-refractivity contribution is 5.97. The zero-order chi connectivity index (χ0) is 15.5. The Labute approximate surface area is 131 Å². The van der Waals surface area contributed by atoms with E-state index < -0.39 is 0 Å². The van der Waals surface area contributed by atoms with Crippen molar-refractivity contribution in [1.82, 2.24) is 5.32 Å². The molecule has 0 spiro atoms. The van der Waals surface area contributed by atoms with E-state index in [4.69, 9.17) is 4.74 Å². The van der Waals surface area contributed by atoms with Gasteiger partial charge in [-0.05, 0) is 55.0 Å². The summed E-state index contributed by atoms with van der Waals surface area (Å²) in [5.41, 5.74) is 4.60. The molecule has 0 aliphatic heterocycles. The lowest BCUT2D eigenvalue weighted by molar-refractivity contribution is 0.0937. The summed E-state index contributed by atoms with van der Waals surface area (Å²) in [6.07, 6.45) is 3.56. The van der Waals surface area contributed by atoms with Gasteiger partial charge in [0.05, 0.1) is 18.7 Å². The van der Waals surface area contributed by atoms with Crippen molar-refractivity contribution in [2.45, 2.75) is 32.2 Å². The number of hydrogen-bond donors (Lipinski definition) is 1. The first-order valence-electron chi connectivity index (χ1n) is 7.74. The van der Waals surface area contributed by atoms with E-state index in [-0.39, 0.29) is 11.9 Å². The van der Waals surface area contributed by atoms with E-state index in [1.165, 1.54) is 24.0 Å². The third kappa shape index (κ3) is 2.84. The van der Waals surface area contributed by atoms with Gasteiger partial charge in [-0.2, -0.15) is 0 Å². The largest absolute Gasteiger partial charge is 0.496 e. The molecule has 0 radical (unpaired) electrons. The second kappa shape index (κ2) is 6.22. The van der Waals surface area contributed by atoms with Crippen LogP contribution in [0.1, 0.15) is 46.4 Å². The Bertz CT molecular complexity index is 694. The lowest BCUT2D eigenvalue weighted by Gasteiger charge is -2.16. The number of fused-ring (bicyclic) bond motifs is 1. The molecule has 3 rings (SSSR count). The van der Waals surface area contributed by atoms with Crippen molar-refractivity contribution in [3.05, 3.63) is 64.7 Å². The fraction of sp³-hybridized carbons (Fsp3) is 0.316. The van der Waals surface area contributed by atoms with Crippen molar-refractivity contribution >= 4 is 5.91 Å². The van der Waals surface area contributed by atoms with Gasteiger partial charge in [0.15, 0.2) is 0 Å². The molecule has 2 aromatic rings. The zero-order valence-corrected chi connectivity index (χ0v) is 13.1. The number of methoxy groups -OCH3 is 1. The number of para-hydroxylation sites is 1. The molecule has 22 heavy (non-hydrogen) atoms. The van der Waals surface area contributed by atoms with E-state index in [1.54, 1.807) is 19.2 Å². The van der Waals surface area contributed by atoms with Crippen molar-refractivity contribution in [3.8, 4) is 5.75 Å². The predicted octanol–water partition coefficient (Wildman–Crippen LogP) is 3.67. The first kappa shape index (κ1) is 14.6. The van der Waals surface area contributed by atoms with Crippen LogP contribution in [-0.2, 0) is 12.8 Å². The van der Waals surface area contributed by atoms with Crippen LogP contribution in [0.4, 0.5) is 0 Å². The van der Waals surface area contributed by atoms with Crippen molar-refractivity contribution in [1.29, 1.82) is 0 Å². The third-order valence-electron chi connectivity index (χ3n) is 4.32. The standard InChI is InChI=1S/C19H21NO2/c1-13(15-11-10-14-6-5-7-16(14)12-15)20-19(21)17-8-3-4-9-18(17)22-2/h3-4,8-13H,5-7H2,1-2H3,(H,20,21). The van der Waals surface area contributed by atoms with E-state index in [2.05, 4.69) is 23.5 Å². The lowest BCUT2D eigenvalue weighted by Crippen LogP contribution is -2.27. The van der Waals surface area contributed by atoms with Crippen molar-refractivity contribution < 1.29 is 9.53 Å². The Morgan fingerprint density at radius 1 is 1.14 bits per heavy atom. The molecule has 1 amide bonds. The van der Waals surface area contributed by atoms with Crippen molar-refractivity contribution in [2.24, 2.45) is 0 Å². The number of carbonyl (C=O) groups excluding carboxylic acids is 1. The van der Waals surface area contributed by atoms with Crippen LogP contribution in [0.3, 0.4) is 0 Å². The molecule has 1 aliphatic carbocycles. The molecule has 0 saturated heterocycles. The van der Waals surface area contributed by atoms with Gasteiger partial charge in [0.25, 0.3) is 5.91 Å². The molecule has 0 saturated carbocycles. The van der Waals surface area contributed by atoms with Crippen LogP contribution in [0.25, 0.3) is 0 Å². The van der Waals surface area contributed by atoms with Gasteiger partial charge in [0.1, 0.15) is 5.75 Å². The summed E-state index contributed by atoms with van der Waals surface area (Å²) in [7, 11) is 1.58. The number of nitrogens with one attached hydrogen (secondary N) is 1. The molecule has 114 valence electrons. The van der Waals surface area contributed by atoms with Crippen LogP contribution >= 0.6 is 0 Å². The van der Waals surface area contributed by atoms with Crippen LogP contribution < -0.4 is 10.1 Å². The fourth-order valence-electron chi connectivity index (χ4n) is 3.05. The maximum absolute atomic E-state index is 12.5. The fourth-order valence-corrected chi connectivity index (χ4v) is 3.05. The molecule has 0 aromatic heterocycles. The Morgan fingerprint density at radius 2 is 1.91 bits per heavy atom. The van der Waals surface area contributed by atoms with Crippen LogP contribution in [0, 0.1) is 0 Å². The summed E-state index contributed by atoms with van der Waals surface area (Å²) >= 11 is 0. The summed E-state index contributed by atoms with van der Waals surface area (Å²) in [5, 5.41) is 3.06. The van der Waals surface area contributed by atoms with Crippen LogP contribution in [0.15, 0.2) is 42.5 Å². The Hall–Kier alpha value is -2.29. The zero-order valence-electron chi connectivity index (χ0n) is 13.1. The number of hydrogen-bond acceptors (Lipinski definition) is 2. The second-order valence-corrected chi connectivity index (χ2v) is 5.78. The molecule has 1 N–H and O–H groups in total.